The van der Waals surface area contributed by atoms with Crippen LogP contribution in [-0.4, -0.2) is 22.8 Å². The molecule has 0 fully saturated rings. The lowest BCUT2D eigenvalue weighted by molar-refractivity contribution is -0.699. The Morgan fingerprint density at radius 2 is 0.440 bits per heavy atom. The van der Waals surface area contributed by atoms with Gasteiger partial charge in [-0.05, 0) is 98.6 Å². The predicted octanol–water partition coefficient (Wildman–Crippen LogP) is 17.8. The van der Waals surface area contributed by atoms with E-state index in [0.29, 0.717) is 0 Å². The van der Waals surface area contributed by atoms with Gasteiger partial charge in [0.1, 0.15) is 26.2 Å². The van der Waals surface area contributed by atoms with Gasteiger partial charge in [-0.25, -0.2) is 20.0 Å². The van der Waals surface area contributed by atoms with Crippen molar-refractivity contribution in [3.8, 4) is 0 Å². The highest BCUT2D eigenvalue weighted by atomic mass is 15.0. The lowest BCUT2D eigenvalue weighted by atomic mass is 10.0. The van der Waals surface area contributed by atoms with Gasteiger partial charge in [0.25, 0.3) is 0 Å². The molecule has 5 aliphatic heterocycles. The molecule has 0 amide bonds. The SMILES string of the molecule is CCCCCCCCC[n+]1ccccc1C1=C2C=CC(=N2)C(c2cccc[n+]2CCCCCCCCC)=C2C=CC(=N2)C(c2cccc[n+]2CCCCCCCCC)=C2C=CC(=N2)C(c2cccc[n+]2CCCCCCCCC)=C2C=CC1=N2. The van der Waals surface area contributed by atoms with Crippen LogP contribution in [0.1, 0.15) is 230 Å². The summed E-state index contributed by atoms with van der Waals surface area (Å²) in [6.45, 7) is 12.9. The number of pyridine rings is 4. The van der Waals surface area contributed by atoms with E-state index in [0.717, 1.165) is 143 Å². The van der Waals surface area contributed by atoms with Gasteiger partial charge in [-0.15, -0.1) is 0 Å². The molecule has 4 aromatic heterocycles. The fourth-order valence-electron chi connectivity index (χ4n) is 12.7. The summed E-state index contributed by atoms with van der Waals surface area (Å²) in [7, 11) is 0. The largest absolute Gasteiger partial charge is 0.247 e. The second-order valence-corrected chi connectivity index (χ2v) is 24.0. The molecule has 5 aliphatic rings. The van der Waals surface area contributed by atoms with Crippen LogP contribution in [0.3, 0.4) is 0 Å². The first kappa shape index (κ1) is 61.8. The third-order valence-corrected chi connectivity index (χ3v) is 17.4. The van der Waals surface area contributed by atoms with Gasteiger partial charge in [0, 0.05) is 74.2 Å². The summed E-state index contributed by atoms with van der Waals surface area (Å²) in [6.07, 6.45) is 62.3. The van der Waals surface area contributed by atoms with Gasteiger partial charge in [-0.1, -0.05) is 156 Å². The third-order valence-electron chi connectivity index (χ3n) is 17.4. The van der Waals surface area contributed by atoms with Crippen LogP contribution < -0.4 is 18.3 Å². The first-order chi connectivity index (χ1) is 41.6. The van der Waals surface area contributed by atoms with Crippen molar-refractivity contribution in [3.05, 3.63) is 192 Å². The van der Waals surface area contributed by atoms with Crippen molar-refractivity contribution in [2.45, 2.75) is 234 Å². The molecule has 440 valence electrons. The van der Waals surface area contributed by atoms with Gasteiger partial charge in [0.2, 0.25) is 22.8 Å². The van der Waals surface area contributed by atoms with Crippen LogP contribution >= 0.6 is 0 Å². The zero-order valence-corrected chi connectivity index (χ0v) is 52.1. The summed E-state index contributed by atoms with van der Waals surface area (Å²) in [6, 6.07) is 26.6. The van der Waals surface area contributed by atoms with E-state index >= 15 is 0 Å². The molecule has 8 bridgehead atoms. The number of fused-ring (bicyclic) bond motifs is 4. The lowest BCUT2D eigenvalue weighted by Gasteiger charge is -2.12. The van der Waals surface area contributed by atoms with Gasteiger partial charge in [0.15, 0.2) is 24.8 Å². The molecule has 0 N–H and O–H groups in total. The van der Waals surface area contributed by atoms with Gasteiger partial charge in [0.05, 0.1) is 67.9 Å². The second kappa shape index (κ2) is 33.6. The number of rotatable bonds is 36. The summed E-state index contributed by atoms with van der Waals surface area (Å²) in [5, 5.41) is 0. The zero-order valence-electron chi connectivity index (χ0n) is 52.1. The maximum absolute atomic E-state index is 5.79. The minimum absolute atomic E-state index is 0.909. The van der Waals surface area contributed by atoms with Crippen LogP contribution in [0, 0.1) is 0 Å². The summed E-state index contributed by atoms with van der Waals surface area (Å²) in [5.41, 5.74) is 15.9. The highest BCUT2D eigenvalue weighted by molar-refractivity contribution is 6.39. The quantitative estimate of drug-likeness (QED) is 0.0322. The Bertz CT molecular complexity index is 2800. The van der Waals surface area contributed by atoms with E-state index in [-0.39, 0.29) is 0 Å². The fraction of sp³-hybridized carbons (Fsp3) is 0.474. The van der Waals surface area contributed by atoms with E-state index < -0.39 is 0 Å². The molecule has 8 nitrogen and oxygen atoms in total. The molecule has 0 unspecified atom stereocenters. The summed E-state index contributed by atoms with van der Waals surface area (Å²) < 4.78 is 9.81. The molecule has 8 heteroatoms. The molecule has 0 spiro atoms. The molecule has 4 aromatic rings. The Balaban J connectivity index is 1.22. The smallest absolute Gasteiger partial charge is 0.216 e. The minimum atomic E-state index is 0.909. The first-order valence-electron chi connectivity index (χ1n) is 33.6. The van der Waals surface area contributed by atoms with Crippen LogP contribution in [0.25, 0.3) is 22.3 Å². The van der Waals surface area contributed by atoms with Crippen molar-refractivity contribution in [2.75, 3.05) is 0 Å². The Morgan fingerprint density at radius 3 is 0.655 bits per heavy atom. The third kappa shape index (κ3) is 16.8. The number of hydrogen-bond donors (Lipinski definition) is 0. The van der Waals surface area contributed by atoms with Gasteiger partial charge >= 0.3 is 0 Å². The monoisotopic (exact) mass is 1120 g/mol. The number of aryl methyl sites for hydroxylation is 4. The van der Waals surface area contributed by atoms with Crippen molar-refractivity contribution >= 4 is 45.1 Å². The number of aliphatic imine (C=N–C) groups is 4. The van der Waals surface area contributed by atoms with Crippen molar-refractivity contribution in [1.29, 1.82) is 0 Å². The molecule has 0 aromatic carbocycles. The molecule has 0 atom stereocenters. The van der Waals surface area contributed by atoms with Crippen LogP contribution in [0.15, 0.2) is 189 Å². The average Bonchev–Trinajstić information content (AvgIpc) is 3.66. The molecule has 0 saturated carbocycles. The molecular formula is C76H100N8+4. The van der Waals surface area contributed by atoms with Crippen molar-refractivity contribution in [1.82, 2.24) is 0 Å². The normalized spacial score (nSPS) is 15.4. The summed E-state index contributed by atoms with van der Waals surface area (Å²) in [5.74, 6) is 0. The Hall–Kier alpha value is -6.80. The van der Waals surface area contributed by atoms with E-state index in [9.17, 15) is 0 Å². The first-order valence-corrected chi connectivity index (χ1v) is 33.6. The van der Waals surface area contributed by atoms with Crippen LogP contribution in [-0.2, 0) is 26.2 Å². The van der Waals surface area contributed by atoms with Crippen LogP contribution in [0.4, 0.5) is 0 Å². The predicted molar refractivity (Wildman–Crippen MR) is 353 cm³/mol. The number of unbranched alkanes of at least 4 members (excludes halogenated alkanes) is 24. The Kier molecular flexibility index (Phi) is 24.7. The molecule has 84 heavy (non-hydrogen) atoms. The molecule has 9 rings (SSSR count). The maximum atomic E-state index is 5.79. The Labute approximate surface area is 506 Å². The summed E-state index contributed by atoms with van der Waals surface area (Å²) >= 11 is 0. The number of aromatic nitrogens is 4. The van der Waals surface area contributed by atoms with E-state index in [1.807, 2.05) is 0 Å². The van der Waals surface area contributed by atoms with Gasteiger partial charge in [-0.2, -0.15) is 18.3 Å². The molecule has 0 saturated heterocycles. The van der Waals surface area contributed by atoms with Crippen molar-refractivity contribution in [2.24, 2.45) is 20.0 Å². The highest BCUT2D eigenvalue weighted by Crippen LogP contribution is 2.37. The molecular weight excluding hydrogens is 1020 g/mol. The standard InChI is InChI=1S/C76H100N8/c1-5-9-13-17-21-25-33-53-81-57-37-29-41-69(81)73-61-45-47-63(77-61)74(70-42-30-38-58-82(70)54-34-26-22-18-14-10-6-2)65-49-51-67(79-65)76(72-44-32-40-60-84(72)56-36-28-24-20-16-12-8-4)68-52-50-66(80-68)75(64-48-46-62(73)78-64)71-43-31-39-59-83(71)55-35-27-23-19-15-11-7-3/h29-32,37-52,57-60H,5-28,33-36,53-56H2,1-4H3/q+4. The number of allylic oxidation sites excluding steroid dienone is 12. The molecule has 0 radical (unpaired) electrons. The van der Waals surface area contributed by atoms with Crippen molar-refractivity contribution in [3.63, 3.8) is 0 Å². The van der Waals surface area contributed by atoms with E-state index in [1.165, 1.54) is 154 Å². The van der Waals surface area contributed by atoms with Gasteiger partial charge < -0.3 is 0 Å². The molecule has 0 aliphatic carbocycles. The average molecular weight is 1130 g/mol. The van der Waals surface area contributed by atoms with Crippen LogP contribution in [0.5, 0.6) is 0 Å². The second-order valence-electron chi connectivity index (χ2n) is 24.0. The van der Waals surface area contributed by atoms with Crippen molar-refractivity contribution < 1.29 is 18.3 Å². The van der Waals surface area contributed by atoms with Crippen LogP contribution in [0.2, 0.25) is 0 Å². The minimum Gasteiger partial charge on any atom is -0.247 e. The van der Waals surface area contributed by atoms with E-state index in [1.54, 1.807) is 0 Å². The zero-order chi connectivity index (χ0) is 58.0. The lowest BCUT2D eigenvalue weighted by Crippen LogP contribution is -2.39. The fourth-order valence-corrected chi connectivity index (χ4v) is 12.7. The van der Waals surface area contributed by atoms with Gasteiger partial charge in [-0.3, -0.25) is 0 Å². The number of hydrogen-bond acceptors (Lipinski definition) is 4. The van der Waals surface area contributed by atoms with E-state index in [2.05, 4.69) is 192 Å². The van der Waals surface area contributed by atoms with E-state index in [4.69, 9.17) is 20.0 Å². The molecule has 9 heterocycles. The number of nitrogens with zero attached hydrogens (tertiary/aromatic N) is 8. The maximum Gasteiger partial charge on any atom is 0.216 e. The summed E-state index contributed by atoms with van der Waals surface area (Å²) in [4.78, 5) is 23.2. The Morgan fingerprint density at radius 1 is 0.238 bits per heavy atom. The highest BCUT2D eigenvalue weighted by Gasteiger charge is 2.34. The topological polar surface area (TPSA) is 65.0 Å².